The number of carbonyl (C=O) groups is 1. The van der Waals surface area contributed by atoms with Gasteiger partial charge in [-0.05, 0) is 6.42 Å². The quantitative estimate of drug-likeness (QED) is 0.620. The van der Waals surface area contributed by atoms with Gasteiger partial charge in [-0.2, -0.15) is 0 Å². The highest BCUT2D eigenvalue weighted by Gasteiger charge is 2.31. The van der Waals surface area contributed by atoms with E-state index in [0.29, 0.717) is 19.3 Å². The minimum atomic E-state index is -2.94. The summed E-state index contributed by atoms with van der Waals surface area (Å²) in [5.41, 5.74) is 0. The summed E-state index contributed by atoms with van der Waals surface area (Å²) >= 11 is 0. The van der Waals surface area contributed by atoms with Gasteiger partial charge in [0.05, 0.1) is 11.5 Å². The maximum absolute atomic E-state index is 11.3. The van der Waals surface area contributed by atoms with Crippen molar-refractivity contribution in [3.63, 3.8) is 0 Å². The maximum Gasteiger partial charge on any atom is 0.151 e. The van der Waals surface area contributed by atoms with E-state index in [1.807, 2.05) is 0 Å². The zero-order valence-corrected chi connectivity index (χ0v) is 8.14. The van der Waals surface area contributed by atoms with Crippen LogP contribution in [0.2, 0.25) is 0 Å². The predicted octanol–water partition coefficient (Wildman–Crippen LogP) is 0.404. The monoisotopic (exact) mass is 200 g/mol. The number of sulfone groups is 1. The minimum Gasteiger partial charge on any atom is -0.299 e. The van der Waals surface area contributed by atoms with E-state index in [2.05, 4.69) is 5.92 Å². The maximum atomic E-state index is 11.3. The van der Waals surface area contributed by atoms with Crippen molar-refractivity contribution in [2.75, 3.05) is 11.5 Å². The summed E-state index contributed by atoms with van der Waals surface area (Å²) < 4.78 is 22.1. The zero-order chi connectivity index (χ0) is 9.90. The Labute approximate surface area is 78.4 Å². The van der Waals surface area contributed by atoms with Crippen molar-refractivity contribution < 1.29 is 13.2 Å². The third-order valence-corrected chi connectivity index (χ3v) is 3.97. The van der Waals surface area contributed by atoms with Gasteiger partial charge in [-0.3, -0.25) is 4.79 Å². The Balaban J connectivity index is 2.48. The SMILES string of the molecule is C#CCCC(=O)C1CCS(=O)(=O)C1. The highest BCUT2D eigenvalue weighted by atomic mass is 32.2. The fourth-order valence-electron chi connectivity index (χ4n) is 1.45. The molecule has 13 heavy (non-hydrogen) atoms. The van der Waals surface area contributed by atoms with E-state index in [9.17, 15) is 13.2 Å². The third-order valence-electron chi connectivity index (χ3n) is 2.20. The van der Waals surface area contributed by atoms with E-state index in [1.54, 1.807) is 0 Å². The molecule has 0 radical (unpaired) electrons. The zero-order valence-electron chi connectivity index (χ0n) is 7.32. The smallest absolute Gasteiger partial charge is 0.151 e. The lowest BCUT2D eigenvalue weighted by molar-refractivity contribution is -0.122. The molecule has 4 heteroatoms. The highest BCUT2D eigenvalue weighted by Crippen LogP contribution is 2.20. The van der Waals surface area contributed by atoms with E-state index in [4.69, 9.17) is 6.42 Å². The summed E-state index contributed by atoms with van der Waals surface area (Å²) in [6.45, 7) is 0. The number of hydrogen-bond donors (Lipinski definition) is 0. The second-order valence-corrected chi connectivity index (χ2v) is 5.50. The molecule has 0 aromatic rings. The van der Waals surface area contributed by atoms with E-state index in [1.165, 1.54) is 0 Å². The van der Waals surface area contributed by atoms with Crippen molar-refractivity contribution in [1.82, 2.24) is 0 Å². The second-order valence-electron chi connectivity index (χ2n) is 3.27. The molecule has 0 saturated carbocycles. The van der Waals surface area contributed by atoms with Crippen LogP contribution in [0.4, 0.5) is 0 Å². The Morgan fingerprint density at radius 3 is 2.69 bits per heavy atom. The van der Waals surface area contributed by atoms with Crippen molar-refractivity contribution in [3.8, 4) is 12.3 Å². The van der Waals surface area contributed by atoms with Gasteiger partial charge in [-0.1, -0.05) is 0 Å². The summed E-state index contributed by atoms with van der Waals surface area (Å²) in [6, 6.07) is 0. The van der Waals surface area contributed by atoms with Crippen molar-refractivity contribution in [3.05, 3.63) is 0 Å². The number of hydrogen-bond acceptors (Lipinski definition) is 3. The van der Waals surface area contributed by atoms with Gasteiger partial charge in [0.2, 0.25) is 0 Å². The standard InChI is InChI=1S/C9H12O3S/c1-2-3-4-9(10)8-5-6-13(11,12)7-8/h1,8H,3-7H2. The topological polar surface area (TPSA) is 51.2 Å². The molecule has 1 rings (SSSR count). The molecule has 1 atom stereocenters. The normalized spacial score (nSPS) is 25.3. The van der Waals surface area contributed by atoms with Gasteiger partial charge >= 0.3 is 0 Å². The number of terminal acetylenes is 1. The third kappa shape index (κ3) is 2.85. The molecule has 0 N–H and O–H groups in total. The molecular formula is C9H12O3S. The minimum absolute atomic E-state index is 0.000903. The summed E-state index contributed by atoms with van der Waals surface area (Å²) in [4.78, 5) is 11.3. The van der Waals surface area contributed by atoms with Gasteiger partial charge < -0.3 is 0 Å². The Morgan fingerprint density at radius 1 is 1.54 bits per heavy atom. The van der Waals surface area contributed by atoms with Crippen LogP contribution in [0.1, 0.15) is 19.3 Å². The summed E-state index contributed by atoms with van der Waals surface area (Å²) in [6.07, 6.45) is 6.21. The van der Waals surface area contributed by atoms with Crippen molar-refractivity contribution in [1.29, 1.82) is 0 Å². The molecule has 1 unspecified atom stereocenters. The molecule has 0 amide bonds. The van der Waals surface area contributed by atoms with Crippen LogP contribution in [-0.2, 0) is 14.6 Å². The highest BCUT2D eigenvalue weighted by molar-refractivity contribution is 7.91. The molecule has 0 bridgehead atoms. The van der Waals surface area contributed by atoms with E-state index in [0.717, 1.165) is 0 Å². The predicted molar refractivity (Wildman–Crippen MR) is 49.8 cm³/mol. The number of rotatable bonds is 3. The molecule has 0 aromatic heterocycles. The number of carbonyl (C=O) groups excluding carboxylic acids is 1. The molecule has 1 aliphatic rings. The average molecular weight is 200 g/mol. The first kappa shape index (κ1) is 10.3. The van der Waals surface area contributed by atoms with Gasteiger partial charge in [-0.15, -0.1) is 12.3 Å². The molecule has 0 aliphatic carbocycles. The molecule has 3 nitrogen and oxygen atoms in total. The molecule has 1 heterocycles. The Hall–Kier alpha value is -0.820. The Kier molecular flexibility index (Phi) is 3.10. The summed E-state index contributed by atoms with van der Waals surface area (Å²) in [5, 5.41) is 0. The molecular weight excluding hydrogens is 188 g/mol. The Morgan fingerprint density at radius 2 is 2.23 bits per heavy atom. The van der Waals surface area contributed by atoms with Gasteiger partial charge in [0.1, 0.15) is 5.78 Å². The second kappa shape index (κ2) is 3.93. The van der Waals surface area contributed by atoms with Crippen LogP contribution in [0.5, 0.6) is 0 Å². The van der Waals surface area contributed by atoms with Gasteiger partial charge in [0.25, 0.3) is 0 Å². The van der Waals surface area contributed by atoms with Crippen LogP contribution in [0, 0.1) is 18.3 Å². The fourth-order valence-corrected chi connectivity index (χ4v) is 3.22. The van der Waals surface area contributed by atoms with E-state index < -0.39 is 9.84 Å². The van der Waals surface area contributed by atoms with Gasteiger partial charge in [-0.25, -0.2) is 8.42 Å². The van der Waals surface area contributed by atoms with Crippen LogP contribution < -0.4 is 0 Å². The number of Topliss-reactive ketones (excluding diaryl/α,β-unsaturated/α-hetero) is 1. The first-order valence-electron chi connectivity index (χ1n) is 4.22. The summed E-state index contributed by atoms with van der Waals surface area (Å²) in [5.74, 6) is 2.25. The van der Waals surface area contributed by atoms with Crippen LogP contribution >= 0.6 is 0 Å². The van der Waals surface area contributed by atoms with Crippen molar-refractivity contribution in [2.45, 2.75) is 19.3 Å². The van der Waals surface area contributed by atoms with E-state index >= 15 is 0 Å². The molecule has 72 valence electrons. The Bertz CT molecular complexity index is 334. The molecule has 0 aromatic carbocycles. The first-order chi connectivity index (χ1) is 6.05. The molecule has 1 saturated heterocycles. The average Bonchev–Trinajstić information content (AvgIpc) is 2.42. The lowest BCUT2D eigenvalue weighted by Crippen LogP contribution is -2.15. The van der Waals surface area contributed by atoms with Crippen molar-refractivity contribution in [2.24, 2.45) is 5.92 Å². The fraction of sp³-hybridized carbons (Fsp3) is 0.667. The van der Waals surface area contributed by atoms with Gasteiger partial charge in [0, 0.05) is 18.8 Å². The van der Waals surface area contributed by atoms with Crippen LogP contribution in [0.3, 0.4) is 0 Å². The van der Waals surface area contributed by atoms with Crippen LogP contribution in [0.25, 0.3) is 0 Å². The molecule has 1 aliphatic heterocycles. The molecule has 1 fully saturated rings. The summed E-state index contributed by atoms with van der Waals surface area (Å²) in [7, 11) is -2.94. The largest absolute Gasteiger partial charge is 0.299 e. The van der Waals surface area contributed by atoms with Crippen molar-refractivity contribution >= 4 is 15.6 Å². The molecule has 0 spiro atoms. The van der Waals surface area contributed by atoms with Gasteiger partial charge in [0.15, 0.2) is 9.84 Å². The first-order valence-corrected chi connectivity index (χ1v) is 6.04. The lowest BCUT2D eigenvalue weighted by atomic mass is 10.0. The van der Waals surface area contributed by atoms with Crippen LogP contribution in [0.15, 0.2) is 0 Å². The van der Waals surface area contributed by atoms with E-state index in [-0.39, 0.29) is 23.2 Å². The van der Waals surface area contributed by atoms with Crippen LogP contribution in [-0.4, -0.2) is 25.7 Å². The lowest BCUT2D eigenvalue weighted by Gasteiger charge is -2.03. The number of ketones is 1.